The van der Waals surface area contributed by atoms with Crippen molar-refractivity contribution in [3.63, 3.8) is 0 Å². The van der Waals surface area contributed by atoms with E-state index < -0.39 is 5.97 Å². The molecule has 2 aromatic rings. The molecule has 6 nitrogen and oxygen atoms in total. The van der Waals surface area contributed by atoms with Crippen LogP contribution in [0.2, 0.25) is 0 Å². The van der Waals surface area contributed by atoms with Crippen LogP contribution in [0, 0.1) is 0 Å². The molecule has 0 atom stereocenters. The van der Waals surface area contributed by atoms with Crippen LogP contribution in [0.25, 0.3) is 6.08 Å². The van der Waals surface area contributed by atoms with Gasteiger partial charge in [-0.25, -0.2) is 4.79 Å². The number of fused-ring (bicyclic) bond motifs is 1. The molecule has 0 fully saturated rings. The molecular formula is C23H22BrNO5. The van der Waals surface area contributed by atoms with Crippen LogP contribution in [0.15, 0.2) is 53.0 Å². The van der Waals surface area contributed by atoms with Crippen LogP contribution in [0.3, 0.4) is 0 Å². The molecule has 1 heterocycles. The molecule has 2 aromatic carbocycles. The fourth-order valence-electron chi connectivity index (χ4n) is 3.03. The van der Waals surface area contributed by atoms with Gasteiger partial charge in [0, 0.05) is 22.7 Å². The molecule has 0 bridgehead atoms. The number of benzene rings is 2. The van der Waals surface area contributed by atoms with Gasteiger partial charge in [-0.1, -0.05) is 41.1 Å². The molecular weight excluding hydrogens is 450 g/mol. The number of rotatable bonds is 9. The summed E-state index contributed by atoms with van der Waals surface area (Å²) in [5, 5.41) is 0. The molecule has 0 N–H and O–H groups in total. The third-order valence-electron chi connectivity index (χ3n) is 4.48. The Morgan fingerprint density at radius 2 is 1.83 bits per heavy atom. The SMILES string of the molecule is CCCOc1ccccc1/C=C/C(=O)OCCCN1C(=O)c2ccc(Br)cc2C1=O. The average molecular weight is 472 g/mol. The fraction of sp³-hybridized carbons (Fsp3) is 0.261. The molecule has 0 radical (unpaired) electrons. The third kappa shape index (κ3) is 5.16. The zero-order chi connectivity index (χ0) is 21.5. The Balaban J connectivity index is 1.47. The maximum Gasteiger partial charge on any atom is 0.330 e. The van der Waals surface area contributed by atoms with Crippen molar-refractivity contribution in [2.24, 2.45) is 0 Å². The lowest BCUT2D eigenvalue weighted by molar-refractivity contribution is -0.137. The first-order valence-electron chi connectivity index (χ1n) is 9.73. The van der Waals surface area contributed by atoms with Crippen molar-refractivity contribution in [1.29, 1.82) is 0 Å². The summed E-state index contributed by atoms with van der Waals surface area (Å²) < 4.78 is 11.6. The quantitative estimate of drug-likeness (QED) is 0.233. The van der Waals surface area contributed by atoms with Gasteiger partial charge in [-0.15, -0.1) is 0 Å². The average Bonchev–Trinajstić information content (AvgIpc) is 2.98. The van der Waals surface area contributed by atoms with Crippen LogP contribution in [0.4, 0.5) is 0 Å². The Bertz CT molecular complexity index is 985. The Morgan fingerprint density at radius 3 is 2.63 bits per heavy atom. The van der Waals surface area contributed by atoms with E-state index in [0.29, 0.717) is 29.9 Å². The molecule has 0 aliphatic carbocycles. The highest BCUT2D eigenvalue weighted by Crippen LogP contribution is 2.26. The van der Waals surface area contributed by atoms with Crippen LogP contribution in [-0.2, 0) is 9.53 Å². The lowest BCUT2D eigenvalue weighted by Crippen LogP contribution is -2.31. The topological polar surface area (TPSA) is 72.9 Å². The summed E-state index contributed by atoms with van der Waals surface area (Å²) in [5.41, 5.74) is 1.57. The lowest BCUT2D eigenvalue weighted by atomic mass is 10.1. The summed E-state index contributed by atoms with van der Waals surface area (Å²) in [7, 11) is 0. The smallest absolute Gasteiger partial charge is 0.330 e. The highest BCUT2D eigenvalue weighted by Gasteiger charge is 2.35. The summed E-state index contributed by atoms with van der Waals surface area (Å²) in [5.74, 6) is -0.434. The molecule has 0 spiro atoms. The summed E-state index contributed by atoms with van der Waals surface area (Å²) in [4.78, 5) is 37.9. The van der Waals surface area contributed by atoms with Crippen molar-refractivity contribution in [3.8, 4) is 5.75 Å². The number of hydrogen-bond donors (Lipinski definition) is 0. The first kappa shape index (κ1) is 21.8. The van der Waals surface area contributed by atoms with E-state index in [1.54, 1.807) is 24.3 Å². The van der Waals surface area contributed by atoms with Crippen molar-refractivity contribution in [3.05, 3.63) is 69.7 Å². The number of nitrogens with zero attached hydrogens (tertiary/aromatic N) is 1. The minimum Gasteiger partial charge on any atom is -0.493 e. The molecule has 2 amide bonds. The highest BCUT2D eigenvalue weighted by molar-refractivity contribution is 9.10. The maximum absolute atomic E-state index is 12.4. The van der Waals surface area contributed by atoms with Gasteiger partial charge in [0.15, 0.2) is 0 Å². The van der Waals surface area contributed by atoms with Gasteiger partial charge >= 0.3 is 5.97 Å². The molecule has 1 aliphatic rings. The zero-order valence-corrected chi connectivity index (χ0v) is 18.2. The van der Waals surface area contributed by atoms with E-state index in [4.69, 9.17) is 9.47 Å². The van der Waals surface area contributed by atoms with E-state index in [-0.39, 0.29) is 25.0 Å². The van der Waals surface area contributed by atoms with E-state index in [0.717, 1.165) is 16.5 Å². The van der Waals surface area contributed by atoms with Crippen molar-refractivity contribution in [1.82, 2.24) is 4.90 Å². The maximum atomic E-state index is 12.4. The van der Waals surface area contributed by atoms with Gasteiger partial charge in [0.2, 0.25) is 0 Å². The number of carbonyl (C=O) groups is 3. The summed E-state index contributed by atoms with van der Waals surface area (Å²) >= 11 is 3.31. The molecule has 156 valence electrons. The Labute approximate surface area is 183 Å². The standard InChI is InChI=1S/C23H22BrNO5/c1-2-13-29-20-7-4-3-6-16(20)8-11-21(26)30-14-5-12-25-22(27)18-10-9-17(24)15-19(18)23(25)28/h3-4,6-11,15H,2,5,12-14H2,1H3/b11-8+. The second kappa shape index (κ2) is 10.2. The van der Waals surface area contributed by atoms with E-state index in [1.165, 1.54) is 11.0 Å². The van der Waals surface area contributed by atoms with Crippen LogP contribution < -0.4 is 4.74 Å². The predicted molar refractivity (Wildman–Crippen MR) is 116 cm³/mol. The Kier molecular flexibility index (Phi) is 7.41. The molecule has 0 aromatic heterocycles. The number of carbonyl (C=O) groups excluding carboxylic acids is 3. The van der Waals surface area contributed by atoms with E-state index in [1.807, 2.05) is 31.2 Å². The summed E-state index contributed by atoms with van der Waals surface area (Å²) in [6.45, 7) is 2.92. The molecule has 0 saturated carbocycles. The van der Waals surface area contributed by atoms with Crippen molar-refractivity contribution in [2.75, 3.05) is 19.8 Å². The Morgan fingerprint density at radius 1 is 1.07 bits per heavy atom. The number of amides is 2. The van der Waals surface area contributed by atoms with Crippen molar-refractivity contribution >= 4 is 39.8 Å². The molecule has 0 unspecified atom stereocenters. The number of halogens is 1. The first-order valence-corrected chi connectivity index (χ1v) is 10.5. The van der Waals surface area contributed by atoms with E-state index in [2.05, 4.69) is 15.9 Å². The molecule has 3 rings (SSSR count). The van der Waals surface area contributed by atoms with Gasteiger partial charge in [-0.3, -0.25) is 14.5 Å². The normalized spacial score (nSPS) is 13.1. The van der Waals surface area contributed by atoms with Gasteiger partial charge in [-0.05, 0) is 43.2 Å². The van der Waals surface area contributed by atoms with Gasteiger partial charge < -0.3 is 9.47 Å². The number of hydrogen-bond acceptors (Lipinski definition) is 5. The second-order valence-corrected chi connectivity index (χ2v) is 7.61. The van der Waals surface area contributed by atoms with Crippen LogP contribution in [0.5, 0.6) is 5.75 Å². The lowest BCUT2D eigenvalue weighted by Gasteiger charge is -2.13. The molecule has 7 heteroatoms. The number of imide groups is 1. The number of ether oxygens (including phenoxy) is 2. The molecule has 1 aliphatic heterocycles. The van der Waals surface area contributed by atoms with Crippen molar-refractivity contribution in [2.45, 2.75) is 19.8 Å². The molecule has 0 saturated heterocycles. The summed E-state index contributed by atoms with van der Waals surface area (Å²) in [6.07, 6.45) is 4.25. The van der Waals surface area contributed by atoms with E-state index in [9.17, 15) is 14.4 Å². The zero-order valence-electron chi connectivity index (χ0n) is 16.6. The molecule has 30 heavy (non-hydrogen) atoms. The predicted octanol–water partition coefficient (Wildman–Crippen LogP) is 4.48. The van der Waals surface area contributed by atoms with Crippen LogP contribution >= 0.6 is 15.9 Å². The second-order valence-electron chi connectivity index (χ2n) is 6.69. The number of para-hydroxylation sites is 1. The van der Waals surface area contributed by atoms with Crippen LogP contribution in [-0.4, -0.2) is 42.4 Å². The first-order chi connectivity index (χ1) is 14.5. The van der Waals surface area contributed by atoms with E-state index >= 15 is 0 Å². The van der Waals surface area contributed by atoms with Gasteiger partial charge in [0.25, 0.3) is 11.8 Å². The van der Waals surface area contributed by atoms with Crippen LogP contribution in [0.1, 0.15) is 46.0 Å². The Hall–Kier alpha value is -2.93. The highest BCUT2D eigenvalue weighted by atomic mass is 79.9. The number of esters is 1. The van der Waals surface area contributed by atoms with Crippen molar-refractivity contribution < 1.29 is 23.9 Å². The summed E-state index contributed by atoms with van der Waals surface area (Å²) in [6, 6.07) is 12.4. The minimum atomic E-state index is -0.494. The van der Waals surface area contributed by atoms with Gasteiger partial charge in [0.05, 0.1) is 24.3 Å². The monoisotopic (exact) mass is 471 g/mol. The third-order valence-corrected chi connectivity index (χ3v) is 4.98. The van der Waals surface area contributed by atoms with Gasteiger partial charge in [-0.2, -0.15) is 0 Å². The van der Waals surface area contributed by atoms with Gasteiger partial charge in [0.1, 0.15) is 5.75 Å². The minimum absolute atomic E-state index is 0.105. The largest absolute Gasteiger partial charge is 0.493 e. The fourth-order valence-corrected chi connectivity index (χ4v) is 3.39.